The quantitative estimate of drug-likeness (QED) is 0.387. The molecule has 0 aliphatic carbocycles. The molecule has 6 heteroatoms. The molecule has 0 aromatic heterocycles. The second-order valence-corrected chi connectivity index (χ2v) is 23.7. The van der Waals surface area contributed by atoms with Crippen LogP contribution in [-0.4, -0.2) is 37.7 Å². The van der Waals surface area contributed by atoms with Crippen molar-refractivity contribution in [3.63, 3.8) is 0 Å². The number of carbonyl (C=O) groups excluding carboxylic acids is 1. The molecule has 0 saturated heterocycles. The average molecular weight is 536 g/mol. The minimum atomic E-state index is -2.46. The van der Waals surface area contributed by atoms with Gasteiger partial charge in [0.1, 0.15) is 0 Å². The van der Waals surface area contributed by atoms with E-state index in [-0.39, 0.29) is 5.97 Å². The van der Waals surface area contributed by atoms with E-state index in [1.54, 1.807) is 0 Å². The molecule has 0 unspecified atom stereocenters. The summed E-state index contributed by atoms with van der Waals surface area (Å²) in [5, 5.41) is 3.54. The fourth-order valence-corrected chi connectivity index (χ4v) is 9.24. The molecule has 5 rings (SSSR count). The SMILES string of the molecule is COC(=O)[C@]12c3cc(OCc4ccccc4)ccc3O[C@H]1Nc1c2ccc[c]1[Sn]([CH3])([CH3])[CH3]. The van der Waals surface area contributed by atoms with Crippen molar-refractivity contribution in [2.24, 2.45) is 0 Å². The fourth-order valence-electron chi connectivity index (χ4n) is 4.81. The molecule has 0 fully saturated rings. The molecular weight excluding hydrogens is 509 g/mol. The third-order valence-corrected chi connectivity index (χ3v) is 12.1. The van der Waals surface area contributed by atoms with Gasteiger partial charge in [-0.15, -0.1) is 0 Å². The van der Waals surface area contributed by atoms with E-state index in [1.807, 2.05) is 54.6 Å². The number of fused-ring (bicyclic) bond motifs is 5. The number of anilines is 1. The van der Waals surface area contributed by atoms with Crippen LogP contribution in [0.1, 0.15) is 16.7 Å². The molecule has 3 aromatic rings. The molecule has 2 aliphatic heterocycles. The number of nitrogens with one attached hydrogen (secondary N) is 1. The second-order valence-electron chi connectivity index (χ2n) is 9.35. The van der Waals surface area contributed by atoms with Crippen LogP contribution in [0.4, 0.5) is 5.69 Å². The topological polar surface area (TPSA) is 56.8 Å². The molecule has 2 aliphatic rings. The Hall–Kier alpha value is -2.67. The molecule has 5 nitrogen and oxygen atoms in total. The monoisotopic (exact) mass is 537 g/mol. The number of benzene rings is 3. The standard InChI is InChI=1S/C23H18NO4.3CH3.Sn/c1-26-22(25)23-17-9-5-6-10-19(17)24-21(23)28-20-12-11-16(13-18(20)23)27-14-15-7-3-2-4-8-15;;;;/h2-9,11-13,21,24H,14H2,1H3;3*1H3;/t21-,23-;;;;/m1..../s1. The van der Waals surface area contributed by atoms with Gasteiger partial charge in [-0.1, -0.05) is 6.07 Å². The van der Waals surface area contributed by atoms with Gasteiger partial charge in [0.05, 0.1) is 0 Å². The van der Waals surface area contributed by atoms with E-state index >= 15 is 0 Å². The molecule has 0 amide bonds. The summed E-state index contributed by atoms with van der Waals surface area (Å²) in [6, 6.07) is 22.0. The maximum atomic E-state index is 13.4. The zero-order valence-electron chi connectivity index (χ0n) is 18.8. The fraction of sp³-hybridized carbons (Fsp3) is 0.269. The van der Waals surface area contributed by atoms with E-state index in [2.05, 4.69) is 32.3 Å². The summed E-state index contributed by atoms with van der Waals surface area (Å²) in [6.07, 6.45) is -0.542. The van der Waals surface area contributed by atoms with Gasteiger partial charge in [0.25, 0.3) is 0 Å². The predicted molar refractivity (Wildman–Crippen MR) is 127 cm³/mol. The van der Waals surface area contributed by atoms with Crippen LogP contribution in [0.15, 0.2) is 66.7 Å². The zero-order chi connectivity index (χ0) is 22.5. The maximum absolute atomic E-state index is 13.4. The predicted octanol–water partition coefficient (Wildman–Crippen LogP) is 4.41. The van der Waals surface area contributed by atoms with Gasteiger partial charge < -0.3 is 0 Å². The van der Waals surface area contributed by atoms with Crippen LogP contribution >= 0.6 is 0 Å². The van der Waals surface area contributed by atoms with E-state index < -0.39 is 30.0 Å². The normalized spacial score (nSPS) is 20.4. The summed E-state index contributed by atoms with van der Waals surface area (Å²) >= 11 is -2.46. The van der Waals surface area contributed by atoms with Crippen LogP contribution in [0.25, 0.3) is 0 Å². The Balaban J connectivity index is 1.61. The number of rotatable bonds is 5. The Bertz CT molecular complexity index is 1190. The van der Waals surface area contributed by atoms with Gasteiger partial charge in [0.15, 0.2) is 0 Å². The Labute approximate surface area is 192 Å². The average Bonchev–Trinajstić information content (AvgIpc) is 3.28. The van der Waals surface area contributed by atoms with Crippen molar-refractivity contribution in [2.75, 3.05) is 12.4 Å². The Morgan fingerprint density at radius 1 is 1.03 bits per heavy atom. The van der Waals surface area contributed by atoms with Crippen molar-refractivity contribution in [3.8, 4) is 11.5 Å². The molecule has 2 atom stereocenters. The third-order valence-electron chi connectivity index (χ3n) is 6.34. The Morgan fingerprint density at radius 3 is 2.53 bits per heavy atom. The molecule has 0 spiro atoms. The van der Waals surface area contributed by atoms with Crippen molar-refractivity contribution in [1.29, 1.82) is 0 Å². The van der Waals surface area contributed by atoms with Gasteiger partial charge in [-0.05, 0) is 0 Å². The molecule has 164 valence electrons. The first-order valence-corrected chi connectivity index (χ1v) is 20.8. The Kier molecular flexibility index (Phi) is 5.12. The van der Waals surface area contributed by atoms with Crippen molar-refractivity contribution in [2.45, 2.75) is 33.1 Å². The molecule has 3 aromatic carbocycles. The first-order chi connectivity index (χ1) is 15.4. The number of para-hydroxylation sites is 1. The van der Waals surface area contributed by atoms with E-state index in [9.17, 15) is 4.79 Å². The van der Waals surface area contributed by atoms with Crippen LogP contribution < -0.4 is 18.4 Å². The van der Waals surface area contributed by atoms with Gasteiger partial charge in [-0.2, -0.15) is 0 Å². The minimum absolute atomic E-state index is 0.325. The second kappa shape index (κ2) is 7.73. The molecule has 0 bridgehead atoms. The summed E-state index contributed by atoms with van der Waals surface area (Å²) in [5.74, 6) is 1.05. The van der Waals surface area contributed by atoms with Crippen LogP contribution in [0.5, 0.6) is 11.5 Å². The molecule has 0 radical (unpaired) electrons. The summed E-state index contributed by atoms with van der Waals surface area (Å²) in [7, 11) is 1.44. The van der Waals surface area contributed by atoms with Gasteiger partial charge in [-0.3, -0.25) is 0 Å². The third kappa shape index (κ3) is 3.17. The van der Waals surface area contributed by atoms with Crippen LogP contribution in [0.2, 0.25) is 14.8 Å². The number of hydrogen-bond donors (Lipinski definition) is 1. The first-order valence-electron chi connectivity index (χ1n) is 10.8. The van der Waals surface area contributed by atoms with Crippen LogP contribution in [0.3, 0.4) is 0 Å². The molecule has 0 saturated carbocycles. The van der Waals surface area contributed by atoms with Gasteiger partial charge >= 0.3 is 187 Å². The molecule has 32 heavy (non-hydrogen) atoms. The van der Waals surface area contributed by atoms with Crippen molar-refractivity contribution < 1.29 is 19.0 Å². The van der Waals surface area contributed by atoms with Gasteiger partial charge in [0.2, 0.25) is 0 Å². The number of methoxy groups -OCH3 is 1. The van der Waals surface area contributed by atoms with Gasteiger partial charge in [-0.25, -0.2) is 0 Å². The molecule has 1 N–H and O–H groups in total. The number of esters is 1. The number of hydrogen-bond acceptors (Lipinski definition) is 5. The summed E-state index contributed by atoms with van der Waals surface area (Å²) in [6.45, 7) is 0.451. The number of carbonyl (C=O) groups is 1. The molecule has 2 heterocycles. The van der Waals surface area contributed by atoms with E-state index in [0.29, 0.717) is 18.1 Å². The number of ether oxygens (including phenoxy) is 3. The summed E-state index contributed by atoms with van der Waals surface area (Å²) in [4.78, 5) is 20.5. The Morgan fingerprint density at radius 2 is 1.81 bits per heavy atom. The van der Waals surface area contributed by atoms with E-state index in [1.165, 1.54) is 10.7 Å². The van der Waals surface area contributed by atoms with Crippen LogP contribution in [0, 0.1) is 0 Å². The first kappa shape index (κ1) is 21.2. The zero-order valence-corrected chi connectivity index (χ0v) is 21.6. The summed E-state index contributed by atoms with van der Waals surface area (Å²) in [5.41, 5.74) is 2.77. The van der Waals surface area contributed by atoms with E-state index in [4.69, 9.17) is 14.2 Å². The van der Waals surface area contributed by atoms with Crippen molar-refractivity contribution >= 4 is 33.6 Å². The molecular formula is C26H27NO4Sn. The van der Waals surface area contributed by atoms with Crippen molar-refractivity contribution in [3.05, 3.63) is 83.4 Å². The van der Waals surface area contributed by atoms with Crippen molar-refractivity contribution in [1.82, 2.24) is 0 Å². The van der Waals surface area contributed by atoms with E-state index in [0.717, 1.165) is 22.4 Å². The van der Waals surface area contributed by atoms with Gasteiger partial charge in [0, 0.05) is 0 Å². The van der Waals surface area contributed by atoms with Crippen LogP contribution in [-0.2, 0) is 21.6 Å². The summed E-state index contributed by atoms with van der Waals surface area (Å²) < 4.78 is 19.1.